The number of carbonyl (C=O) groups is 3. The number of aromatic nitrogens is 1. The van der Waals surface area contributed by atoms with E-state index in [0.717, 1.165) is 0 Å². The van der Waals surface area contributed by atoms with E-state index < -0.39 is 17.8 Å². The molecule has 9 nitrogen and oxygen atoms in total. The molecule has 0 saturated carbocycles. The average molecular weight is 363 g/mol. The SMILES string of the molecule is CCOC(=O)c1c[nH]c(/C=C2/C(=O)NN=C2OC(C)C)c1C(=O)OCC. The third-order valence-corrected chi connectivity index (χ3v) is 3.26. The summed E-state index contributed by atoms with van der Waals surface area (Å²) in [6.07, 6.45) is 2.52. The highest BCUT2D eigenvalue weighted by molar-refractivity contribution is 6.25. The molecule has 2 N–H and O–H groups in total. The van der Waals surface area contributed by atoms with Crippen LogP contribution in [-0.4, -0.2) is 48.0 Å². The summed E-state index contributed by atoms with van der Waals surface area (Å²) in [4.78, 5) is 39.3. The van der Waals surface area contributed by atoms with E-state index in [0.29, 0.717) is 0 Å². The van der Waals surface area contributed by atoms with Crippen molar-refractivity contribution in [2.24, 2.45) is 5.10 Å². The van der Waals surface area contributed by atoms with Gasteiger partial charge in [-0.05, 0) is 33.8 Å². The molecule has 1 aromatic rings. The van der Waals surface area contributed by atoms with E-state index in [2.05, 4.69) is 15.5 Å². The lowest BCUT2D eigenvalue weighted by atomic mass is 10.1. The number of hydrogen-bond donors (Lipinski definition) is 2. The Bertz CT molecular complexity index is 775. The molecular formula is C17H21N3O6. The zero-order valence-electron chi connectivity index (χ0n) is 15.0. The van der Waals surface area contributed by atoms with Crippen molar-refractivity contribution in [2.45, 2.75) is 33.8 Å². The first-order valence-electron chi connectivity index (χ1n) is 8.21. The minimum Gasteiger partial charge on any atom is -0.473 e. The van der Waals surface area contributed by atoms with E-state index in [1.165, 1.54) is 12.3 Å². The molecule has 2 heterocycles. The van der Waals surface area contributed by atoms with Gasteiger partial charge >= 0.3 is 11.9 Å². The van der Waals surface area contributed by atoms with Crippen molar-refractivity contribution in [3.63, 3.8) is 0 Å². The van der Waals surface area contributed by atoms with E-state index in [9.17, 15) is 14.4 Å². The molecule has 0 fully saturated rings. The van der Waals surface area contributed by atoms with Crippen LogP contribution in [0, 0.1) is 0 Å². The Labute approximate surface area is 150 Å². The van der Waals surface area contributed by atoms with Gasteiger partial charge in [-0.3, -0.25) is 4.79 Å². The standard InChI is InChI=1S/C17H21N3O6/c1-5-24-16(22)11-8-18-12(13(11)17(23)25-6-2)7-10-14(21)19-20-15(10)26-9(3)4/h7-9,18H,5-6H2,1-4H3,(H,19,21)/b10-7-. The van der Waals surface area contributed by atoms with Crippen LogP contribution in [0.15, 0.2) is 16.9 Å². The molecule has 0 aromatic carbocycles. The van der Waals surface area contributed by atoms with Crippen molar-refractivity contribution in [1.82, 2.24) is 10.4 Å². The maximum absolute atomic E-state index is 12.3. The largest absolute Gasteiger partial charge is 0.473 e. The summed E-state index contributed by atoms with van der Waals surface area (Å²) in [5, 5.41) is 3.82. The molecule has 1 aliphatic rings. The highest BCUT2D eigenvalue weighted by Crippen LogP contribution is 2.22. The molecule has 1 amide bonds. The summed E-state index contributed by atoms with van der Waals surface area (Å²) in [7, 11) is 0. The first kappa shape index (κ1) is 19.2. The molecule has 2 rings (SSSR count). The third kappa shape index (κ3) is 4.11. The number of carbonyl (C=O) groups excluding carboxylic acids is 3. The van der Waals surface area contributed by atoms with Crippen molar-refractivity contribution < 1.29 is 28.6 Å². The lowest BCUT2D eigenvalue weighted by Gasteiger charge is -2.09. The van der Waals surface area contributed by atoms with E-state index in [4.69, 9.17) is 14.2 Å². The van der Waals surface area contributed by atoms with Crippen molar-refractivity contribution in [3.05, 3.63) is 28.6 Å². The van der Waals surface area contributed by atoms with Crippen LogP contribution in [-0.2, 0) is 19.0 Å². The fraction of sp³-hybridized carbons (Fsp3) is 0.412. The molecular weight excluding hydrogens is 342 g/mol. The number of hydrazone groups is 1. The molecule has 1 aliphatic heterocycles. The lowest BCUT2D eigenvalue weighted by molar-refractivity contribution is -0.116. The van der Waals surface area contributed by atoms with E-state index in [1.54, 1.807) is 27.7 Å². The quantitative estimate of drug-likeness (QED) is 0.585. The summed E-state index contributed by atoms with van der Waals surface area (Å²) in [6, 6.07) is 0. The Balaban J connectivity index is 2.48. The number of rotatable bonds is 6. The summed E-state index contributed by atoms with van der Waals surface area (Å²) >= 11 is 0. The molecule has 0 aliphatic carbocycles. The highest BCUT2D eigenvalue weighted by Gasteiger charge is 2.29. The van der Waals surface area contributed by atoms with E-state index in [-0.39, 0.29) is 47.6 Å². The predicted octanol–water partition coefficient (Wildman–Crippen LogP) is 1.62. The molecule has 1 aromatic heterocycles. The Morgan fingerprint density at radius 2 is 1.85 bits per heavy atom. The minimum absolute atomic E-state index is 0.0126. The van der Waals surface area contributed by atoms with Gasteiger partial charge in [0.05, 0.1) is 36.1 Å². The molecule has 0 atom stereocenters. The first-order chi connectivity index (χ1) is 12.4. The maximum Gasteiger partial charge on any atom is 0.341 e. The van der Waals surface area contributed by atoms with Gasteiger partial charge in [-0.15, -0.1) is 5.10 Å². The Hall–Kier alpha value is -3.10. The second kappa shape index (κ2) is 8.32. The molecule has 26 heavy (non-hydrogen) atoms. The number of amides is 1. The number of aromatic amines is 1. The van der Waals surface area contributed by atoms with Gasteiger partial charge in [0.2, 0.25) is 5.90 Å². The smallest absolute Gasteiger partial charge is 0.341 e. The van der Waals surface area contributed by atoms with Crippen LogP contribution >= 0.6 is 0 Å². The van der Waals surface area contributed by atoms with E-state index in [1.807, 2.05) is 0 Å². The van der Waals surface area contributed by atoms with Crippen LogP contribution in [0.5, 0.6) is 0 Å². The van der Waals surface area contributed by atoms with E-state index >= 15 is 0 Å². The summed E-state index contributed by atoms with van der Waals surface area (Å²) in [6.45, 7) is 7.18. The fourth-order valence-electron chi connectivity index (χ4n) is 2.25. The molecule has 0 radical (unpaired) electrons. The van der Waals surface area contributed by atoms with Crippen LogP contribution < -0.4 is 5.43 Å². The number of ether oxygens (including phenoxy) is 3. The van der Waals surface area contributed by atoms with Gasteiger partial charge in [0.15, 0.2) is 0 Å². The maximum atomic E-state index is 12.3. The normalized spacial score (nSPS) is 15.0. The number of nitrogens with one attached hydrogen (secondary N) is 2. The molecule has 140 valence electrons. The highest BCUT2D eigenvalue weighted by atomic mass is 16.5. The summed E-state index contributed by atoms with van der Waals surface area (Å²) in [5.74, 6) is -1.75. The van der Waals surface area contributed by atoms with Gasteiger partial charge in [-0.2, -0.15) is 0 Å². The summed E-state index contributed by atoms with van der Waals surface area (Å²) < 4.78 is 15.5. The number of nitrogens with zero attached hydrogens (tertiary/aromatic N) is 1. The Kier molecular flexibility index (Phi) is 6.16. The predicted molar refractivity (Wildman–Crippen MR) is 92.5 cm³/mol. The minimum atomic E-state index is -0.703. The van der Waals surface area contributed by atoms with Crippen LogP contribution in [0.2, 0.25) is 0 Å². The van der Waals surface area contributed by atoms with Gasteiger partial charge in [0.1, 0.15) is 5.57 Å². The van der Waals surface area contributed by atoms with Crippen LogP contribution in [0.3, 0.4) is 0 Å². The Morgan fingerprint density at radius 3 is 2.46 bits per heavy atom. The van der Waals surface area contributed by atoms with Crippen LogP contribution in [0.4, 0.5) is 0 Å². The molecule has 0 spiro atoms. The van der Waals surface area contributed by atoms with Gasteiger partial charge in [0, 0.05) is 6.20 Å². The van der Waals surface area contributed by atoms with Crippen molar-refractivity contribution in [3.8, 4) is 0 Å². The molecule has 0 bridgehead atoms. The van der Waals surface area contributed by atoms with Crippen LogP contribution in [0.25, 0.3) is 6.08 Å². The zero-order chi connectivity index (χ0) is 19.3. The Morgan fingerprint density at radius 1 is 1.19 bits per heavy atom. The molecule has 9 heteroatoms. The van der Waals surface area contributed by atoms with Crippen molar-refractivity contribution >= 4 is 29.8 Å². The monoisotopic (exact) mass is 363 g/mol. The molecule has 0 unspecified atom stereocenters. The van der Waals surface area contributed by atoms with Crippen molar-refractivity contribution in [2.75, 3.05) is 13.2 Å². The lowest BCUT2D eigenvalue weighted by Crippen LogP contribution is -2.17. The number of hydrogen-bond acceptors (Lipinski definition) is 7. The average Bonchev–Trinajstić information content (AvgIpc) is 3.14. The molecule has 0 saturated heterocycles. The number of esters is 2. The van der Waals surface area contributed by atoms with Gasteiger partial charge in [-0.1, -0.05) is 0 Å². The summed E-state index contributed by atoms with van der Waals surface area (Å²) in [5.41, 5.74) is 2.66. The van der Waals surface area contributed by atoms with Gasteiger partial charge < -0.3 is 19.2 Å². The van der Waals surface area contributed by atoms with Gasteiger partial charge in [0.25, 0.3) is 5.91 Å². The van der Waals surface area contributed by atoms with Crippen LogP contribution in [0.1, 0.15) is 54.1 Å². The first-order valence-corrected chi connectivity index (χ1v) is 8.21. The second-order valence-corrected chi connectivity index (χ2v) is 5.51. The van der Waals surface area contributed by atoms with Gasteiger partial charge in [-0.25, -0.2) is 15.0 Å². The fourth-order valence-corrected chi connectivity index (χ4v) is 2.25. The zero-order valence-corrected chi connectivity index (χ0v) is 15.0. The number of H-pyrrole nitrogens is 1. The second-order valence-electron chi connectivity index (χ2n) is 5.51. The third-order valence-electron chi connectivity index (χ3n) is 3.26. The topological polar surface area (TPSA) is 119 Å². The van der Waals surface area contributed by atoms with Crippen molar-refractivity contribution in [1.29, 1.82) is 0 Å².